The molecule has 1 nitrogen and oxygen atoms in total. The molecule has 1 atom stereocenters. The highest BCUT2D eigenvalue weighted by Crippen LogP contribution is 2.14. The van der Waals surface area contributed by atoms with Crippen LogP contribution in [-0.2, 0) is 6.42 Å². The van der Waals surface area contributed by atoms with Crippen LogP contribution in [0.25, 0.3) is 0 Å². The van der Waals surface area contributed by atoms with Crippen molar-refractivity contribution in [2.24, 2.45) is 0 Å². The first-order chi connectivity index (χ1) is 8.25. The Morgan fingerprint density at radius 2 is 2.18 bits per heavy atom. The van der Waals surface area contributed by atoms with E-state index in [1.807, 2.05) is 0 Å². The molecule has 0 fully saturated rings. The largest absolute Gasteiger partial charge is 0.310 e. The summed E-state index contributed by atoms with van der Waals surface area (Å²) in [5, 5.41) is 7.93. The lowest BCUT2D eigenvalue weighted by Crippen LogP contribution is -2.21. The zero-order valence-corrected chi connectivity index (χ0v) is 11.3. The van der Waals surface area contributed by atoms with E-state index in [4.69, 9.17) is 0 Å². The summed E-state index contributed by atoms with van der Waals surface area (Å²) < 4.78 is 0. The molecule has 17 heavy (non-hydrogen) atoms. The van der Waals surface area contributed by atoms with Crippen molar-refractivity contribution in [1.29, 1.82) is 0 Å². The fraction of sp³-hybridized carbons (Fsp3) is 0.333. The van der Waals surface area contributed by atoms with Gasteiger partial charge >= 0.3 is 0 Å². The van der Waals surface area contributed by atoms with Gasteiger partial charge in [-0.2, -0.15) is 11.3 Å². The summed E-state index contributed by atoms with van der Waals surface area (Å²) in [7, 11) is 0. The number of benzene rings is 1. The molecular weight excluding hydrogens is 226 g/mol. The van der Waals surface area contributed by atoms with Gasteiger partial charge in [0.05, 0.1) is 0 Å². The van der Waals surface area contributed by atoms with E-state index in [1.165, 1.54) is 16.7 Å². The van der Waals surface area contributed by atoms with Gasteiger partial charge in [-0.3, -0.25) is 0 Å². The molecule has 1 N–H and O–H groups in total. The minimum Gasteiger partial charge on any atom is -0.310 e. The van der Waals surface area contributed by atoms with Crippen LogP contribution in [0, 0.1) is 6.92 Å². The first-order valence-corrected chi connectivity index (χ1v) is 7.01. The minimum atomic E-state index is 0.425. The van der Waals surface area contributed by atoms with Crippen LogP contribution in [0.15, 0.2) is 41.1 Å². The molecule has 0 aliphatic heterocycles. The molecule has 2 rings (SSSR count). The molecule has 0 aliphatic carbocycles. The van der Waals surface area contributed by atoms with Gasteiger partial charge in [0.2, 0.25) is 0 Å². The van der Waals surface area contributed by atoms with Gasteiger partial charge in [0.15, 0.2) is 0 Å². The number of nitrogens with one attached hydrogen (secondary N) is 1. The Bertz CT molecular complexity index is 448. The minimum absolute atomic E-state index is 0.425. The van der Waals surface area contributed by atoms with Gasteiger partial charge < -0.3 is 5.32 Å². The average Bonchev–Trinajstić information content (AvgIpc) is 2.82. The van der Waals surface area contributed by atoms with Crippen LogP contribution in [-0.4, -0.2) is 6.54 Å². The molecule has 0 unspecified atom stereocenters. The van der Waals surface area contributed by atoms with Gasteiger partial charge in [0, 0.05) is 6.04 Å². The Morgan fingerprint density at radius 3 is 2.88 bits per heavy atom. The normalized spacial score (nSPS) is 12.6. The topological polar surface area (TPSA) is 12.0 Å². The molecule has 2 aromatic rings. The second-order valence-corrected chi connectivity index (χ2v) is 5.25. The smallest absolute Gasteiger partial charge is 0.0292 e. The summed E-state index contributed by atoms with van der Waals surface area (Å²) in [6, 6.07) is 11.3. The summed E-state index contributed by atoms with van der Waals surface area (Å²) in [4.78, 5) is 0. The maximum absolute atomic E-state index is 3.57. The predicted molar refractivity (Wildman–Crippen MR) is 75.6 cm³/mol. The fourth-order valence-corrected chi connectivity index (χ4v) is 2.63. The molecule has 0 bridgehead atoms. The van der Waals surface area contributed by atoms with E-state index in [2.05, 4.69) is 60.3 Å². The van der Waals surface area contributed by atoms with E-state index < -0.39 is 0 Å². The molecule has 0 saturated carbocycles. The molecule has 0 aliphatic rings. The molecule has 1 aromatic heterocycles. The summed E-state index contributed by atoms with van der Waals surface area (Å²) in [6.45, 7) is 5.40. The van der Waals surface area contributed by atoms with Crippen molar-refractivity contribution in [3.63, 3.8) is 0 Å². The third kappa shape index (κ3) is 3.69. The summed E-state index contributed by atoms with van der Waals surface area (Å²) in [6.07, 6.45) is 1.11. The van der Waals surface area contributed by atoms with Crippen molar-refractivity contribution in [3.8, 4) is 0 Å². The van der Waals surface area contributed by atoms with Crippen LogP contribution in [0.4, 0.5) is 0 Å². The van der Waals surface area contributed by atoms with Crippen molar-refractivity contribution < 1.29 is 0 Å². The summed E-state index contributed by atoms with van der Waals surface area (Å²) in [5.41, 5.74) is 4.13. The van der Waals surface area contributed by atoms with Crippen LogP contribution >= 0.6 is 11.3 Å². The van der Waals surface area contributed by atoms with E-state index in [1.54, 1.807) is 11.3 Å². The molecule has 0 saturated heterocycles. The average molecular weight is 245 g/mol. The highest BCUT2D eigenvalue weighted by molar-refractivity contribution is 7.07. The van der Waals surface area contributed by atoms with E-state index >= 15 is 0 Å². The van der Waals surface area contributed by atoms with Crippen molar-refractivity contribution in [2.75, 3.05) is 6.54 Å². The predicted octanol–water partition coefficient (Wildman–Crippen LogP) is 3.95. The van der Waals surface area contributed by atoms with Crippen molar-refractivity contribution in [2.45, 2.75) is 26.3 Å². The van der Waals surface area contributed by atoms with Crippen LogP contribution in [0.2, 0.25) is 0 Å². The van der Waals surface area contributed by atoms with Gasteiger partial charge in [0.1, 0.15) is 0 Å². The highest BCUT2D eigenvalue weighted by Gasteiger charge is 2.04. The maximum atomic E-state index is 3.57. The first-order valence-electron chi connectivity index (χ1n) is 6.07. The van der Waals surface area contributed by atoms with Gasteiger partial charge in [-0.15, -0.1) is 0 Å². The lowest BCUT2D eigenvalue weighted by Gasteiger charge is -2.14. The van der Waals surface area contributed by atoms with Crippen molar-refractivity contribution >= 4 is 11.3 Å². The number of hydrogen-bond donors (Lipinski definition) is 1. The Hall–Kier alpha value is -1.12. The van der Waals surface area contributed by atoms with Crippen LogP contribution in [0.3, 0.4) is 0 Å². The van der Waals surface area contributed by atoms with Crippen LogP contribution in [0.1, 0.15) is 29.7 Å². The summed E-state index contributed by atoms with van der Waals surface area (Å²) in [5.74, 6) is 0. The number of hydrogen-bond acceptors (Lipinski definition) is 2. The second kappa shape index (κ2) is 5.99. The summed E-state index contributed by atoms with van der Waals surface area (Å²) >= 11 is 1.77. The van der Waals surface area contributed by atoms with E-state index in [-0.39, 0.29) is 0 Å². The molecule has 90 valence electrons. The fourth-order valence-electron chi connectivity index (χ4n) is 1.93. The third-order valence-electron chi connectivity index (χ3n) is 2.99. The van der Waals surface area contributed by atoms with Crippen molar-refractivity contribution in [1.82, 2.24) is 5.32 Å². The van der Waals surface area contributed by atoms with Gasteiger partial charge in [0.25, 0.3) is 0 Å². The Labute approximate surface area is 108 Å². The van der Waals surface area contributed by atoms with Gasteiger partial charge in [-0.05, 0) is 54.8 Å². The number of aryl methyl sites for hydroxylation is 1. The SMILES string of the molecule is Cc1cccc([C@@H](C)NCCc2ccsc2)c1. The standard InChI is InChI=1S/C15H19NS/c1-12-4-3-5-15(10-12)13(2)16-8-6-14-7-9-17-11-14/h3-5,7,9-11,13,16H,6,8H2,1-2H3/t13-/m1/s1. The second-order valence-electron chi connectivity index (χ2n) is 4.47. The Kier molecular flexibility index (Phi) is 4.35. The maximum Gasteiger partial charge on any atom is 0.0292 e. The molecular formula is C15H19NS. The molecule has 0 amide bonds. The first kappa shape index (κ1) is 12.3. The van der Waals surface area contributed by atoms with E-state index in [0.717, 1.165) is 13.0 Å². The monoisotopic (exact) mass is 245 g/mol. The van der Waals surface area contributed by atoms with Crippen LogP contribution < -0.4 is 5.32 Å². The quantitative estimate of drug-likeness (QED) is 0.841. The molecule has 1 aromatic carbocycles. The molecule has 0 radical (unpaired) electrons. The number of thiophene rings is 1. The van der Waals surface area contributed by atoms with Gasteiger partial charge in [-0.1, -0.05) is 29.8 Å². The third-order valence-corrected chi connectivity index (χ3v) is 3.72. The lowest BCUT2D eigenvalue weighted by molar-refractivity contribution is 0.577. The van der Waals surface area contributed by atoms with Crippen LogP contribution in [0.5, 0.6) is 0 Å². The van der Waals surface area contributed by atoms with Gasteiger partial charge in [-0.25, -0.2) is 0 Å². The Balaban J connectivity index is 1.83. The zero-order chi connectivity index (χ0) is 12.1. The zero-order valence-electron chi connectivity index (χ0n) is 10.4. The van der Waals surface area contributed by atoms with E-state index in [9.17, 15) is 0 Å². The highest BCUT2D eigenvalue weighted by atomic mass is 32.1. The molecule has 0 spiro atoms. The Morgan fingerprint density at radius 1 is 1.29 bits per heavy atom. The number of rotatable bonds is 5. The van der Waals surface area contributed by atoms with Crippen molar-refractivity contribution in [3.05, 3.63) is 57.8 Å². The molecule has 1 heterocycles. The molecule has 2 heteroatoms. The lowest BCUT2D eigenvalue weighted by atomic mass is 10.1. The van der Waals surface area contributed by atoms with E-state index in [0.29, 0.717) is 6.04 Å².